The Labute approximate surface area is 134 Å². The molecule has 0 bridgehead atoms. The minimum absolute atomic E-state index is 0.255. The molecule has 2 heterocycles. The molecule has 2 amide bonds. The van der Waals surface area contributed by atoms with Crippen LogP contribution >= 0.6 is 22.6 Å². The Morgan fingerprint density at radius 2 is 1.76 bits per heavy atom. The second-order valence-electron chi connectivity index (χ2n) is 5.02. The molecule has 0 aliphatic carbocycles. The highest BCUT2D eigenvalue weighted by atomic mass is 127. The quantitative estimate of drug-likeness (QED) is 0.604. The van der Waals surface area contributed by atoms with E-state index in [0.717, 1.165) is 9.13 Å². The van der Waals surface area contributed by atoms with E-state index in [1.54, 1.807) is 6.07 Å². The number of para-hydroxylation sites is 1. The molecule has 3 N–H and O–H groups in total. The number of hydrogen-bond donors (Lipinski definition) is 3. The smallest absolute Gasteiger partial charge is 0.275 e. The molecule has 6 heteroatoms. The molecule has 2 aromatic rings. The molecule has 1 atom stereocenters. The summed E-state index contributed by atoms with van der Waals surface area (Å²) in [5.74, 6) is -0.532. The van der Waals surface area contributed by atoms with E-state index < -0.39 is 5.66 Å². The van der Waals surface area contributed by atoms with Crippen molar-refractivity contribution >= 4 is 45.8 Å². The predicted octanol–water partition coefficient (Wildman–Crippen LogP) is 2.25. The average Bonchev–Trinajstić information content (AvgIpc) is 2.73. The first kappa shape index (κ1) is 12.6. The fourth-order valence-corrected chi connectivity index (χ4v) is 3.28. The maximum absolute atomic E-state index is 12.4. The number of carbonyl (C=O) groups is 2. The molecule has 1 spiro atoms. The van der Waals surface area contributed by atoms with Crippen molar-refractivity contribution in [1.29, 1.82) is 0 Å². The van der Waals surface area contributed by atoms with Gasteiger partial charge in [-0.2, -0.15) is 0 Å². The molecule has 0 radical (unpaired) electrons. The van der Waals surface area contributed by atoms with E-state index in [4.69, 9.17) is 0 Å². The lowest BCUT2D eigenvalue weighted by molar-refractivity contribution is -0.120. The van der Waals surface area contributed by atoms with Crippen LogP contribution in [0.3, 0.4) is 0 Å². The van der Waals surface area contributed by atoms with Gasteiger partial charge in [-0.1, -0.05) is 18.2 Å². The summed E-state index contributed by atoms with van der Waals surface area (Å²) in [7, 11) is 0. The molecule has 2 aliphatic rings. The van der Waals surface area contributed by atoms with Crippen molar-refractivity contribution in [3.8, 4) is 0 Å². The van der Waals surface area contributed by atoms with E-state index in [1.165, 1.54) is 0 Å². The van der Waals surface area contributed by atoms with Gasteiger partial charge in [0, 0.05) is 20.5 Å². The highest BCUT2D eigenvalue weighted by Gasteiger charge is 2.51. The third kappa shape index (κ3) is 1.68. The van der Waals surface area contributed by atoms with Gasteiger partial charge in [-0.3, -0.25) is 9.59 Å². The van der Waals surface area contributed by atoms with Crippen LogP contribution in [-0.4, -0.2) is 11.8 Å². The Morgan fingerprint density at radius 1 is 0.952 bits per heavy atom. The van der Waals surface area contributed by atoms with Crippen LogP contribution in [0, 0.1) is 3.57 Å². The van der Waals surface area contributed by atoms with E-state index >= 15 is 0 Å². The maximum Gasteiger partial charge on any atom is 0.275 e. The van der Waals surface area contributed by atoms with Gasteiger partial charge in [0.2, 0.25) is 5.66 Å². The summed E-state index contributed by atoms with van der Waals surface area (Å²) in [6.45, 7) is 0. The molecule has 0 aromatic heterocycles. The minimum atomic E-state index is -1.23. The van der Waals surface area contributed by atoms with Crippen LogP contribution in [0.5, 0.6) is 0 Å². The van der Waals surface area contributed by atoms with Gasteiger partial charge >= 0.3 is 0 Å². The molecular formula is C15H10IN3O2. The largest absolute Gasteiger partial charge is 0.350 e. The molecule has 0 saturated heterocycles. The number of amides is 2. The highest BCUT2D eigenvalue weighted by molar-refractivity contribution is 14.1. The number of hydrogen-bond acceptors (Lipinski definition) is 3. The van der Waals surface area contributed by atoms with Gasteiger partial charge < -0.3 is 16.0 Å². The zero-order valence-electron chi connectivity index (χ0n) is 10.7. The Hall–Kier alpha value is -2.09. The summed E-state index contributed by atoms with van der Waals surface area (Å²) in [6, 6.07) is 12.9. The number of rotatable bonds is 0. The lowest BCUT2D eigenvalue weighted by Gasteiger charge is -2.35. The number of anilines is 2. The molecule has 1 unspecified atom stereocenters. The monoisotopic (exact) mass is 391 g/mol. The second-order valence-corrected chi connectivity index (χ2v) is 6.26. The average molecular weight is 391 g/mol. The predicted molar refractivity (Wildman–Crippen MR) is 87.0 cm³/mol. The Bertz CT molecular complexity index is 805. The lowest BCUT2D eigenvalue weighted by atomic mass is 9.96. The highest BCUT2D eigenvalue weighted by Crippen LogP contribution is 2.40. The van der Waals surface area contributed by atoms with E-state index in [1.807, 2.05) is 36.4 Å². The summed E-state index contributed by atoms with van der Waals surface area (Å²) in [4.78, 5) is 24.9. The van der Waals surface area contributed by atoms with Crippen molar-refractivity contribution < 1.29 is 9.59 Å². The third-order valence-corrected chi connectivity index (χ3v) is 4.44. The van der Waals surface area contributed by atoms with Gasteiger partial charge in [-0.25, -0.2) is 0 Å². The Morgan fingerprint density at radius 3 is 2.62 bits per heavy atom. The van der Waals surface area contributed by atoms with Crippen LogP contribution < -0.4 is 16.0 Å². The SMILES string of the molecule is O=C1NC2(Nc3ccc(I)cc31)C(=O)Nc1ccccc12. The number of benzene rings is 2. The van der Waals surface area contributed by atoms with Gasteiger partial charge in [-0.05, 0) is 46.9 Å². The van der Waals surface area contributed by atoms with Gasteiger partial charge in [0.15, 0.2) is 0 Å². The molecule has 4 rings (SSSR count). The molecule has 104 valence electrons. The van der Waals surface area contributed by atoms with Crippen molar-refractivity contribution in [3.05, 3.63) is 57.2 Å². The molecule has 0 saturated carbocycles. The van der Waals surface area contributed by atoms with Crippen LogP contribution in [0.2, 0.25) is 0 Å². The molecule has 21 heavy (non-hydrogen) atoms. The van der Waals surface area contributed by atoms with Crippen molar-refractivity contribution in [2.75, 3.05) is 10.6 Å². The number of nitrogens with one attached hydrogen (secondary N) is 3. The Balaban J connectivity index is 1.90. The lowest BCUT2D eigenvalue weighted by Crippen LogP contribution is -2.59. The molecule has 2 aliphatic heterocycles. The van der Waals surface area contributed by atoms with E-state index in [0.29, 0.717) is 16.9 Å². The van der Waals surface area contributed by atoms with E-state index in [2.05, 4.69) is 38.5 Å². The van der Waals surface area contributed by atoms with Gasteiger partial charge in [0.25, 0.3) is 11.8 Å². The van der Waals surface area contributed by atoms with Crippen molar-refractivity contribution in [1.82, 2.24) is 5.32 Å². The fourth-order valence-electron chi connectivity index (χ4n) is 2.79. The summed E-state index contributed by atoms with van der Waals surface area (Å²) < 4.78 is 0.968. The molecule has 5 nitrogen and oxygen atoms in total. The number of halogens is 1. The summed E-state index contributed by atoms with van der Waals surface area (Å²) in [6.07, 6.45) is 0. The van der Waals surface area contributed by atoms with Crippen LogP contribution in [0.4, 0.5) is 11.4 Å². The summed E-state index contributed by atoms with van der Waals surface area (Å²) in [5.41, 5.74) is 1.42. The third-order valence-electron chi connectivity index (χ3n) is 3.77. The van der Waals surface area contributed by atoms with Crippen molar-refractivity contribution in [2.24, 2.45) is 0 Å². The zero-order chi connectivity index (χ0) is 14.6. The second kappa shape index (κ2) is 4.20. The number of carbonyl (C=O) groups excluding carboxylic acids is 2. The first-order chi connectivity index (χ1) is 10.1. The summed E-state index contributed by atoms with van der Waals surface area (Å²) >= 11 is 2.15. The Kier molecular flexibility index (Phi) is 2.53. The van der Waals surface area contributed by atoms with Gasteiger partial charge in [-0.15, -0.1) is 0 Å². The first-order valence-corrected chi connectivity index (χ1v) is 7.49. The van der Waals surface area contributed by atoms with E-state index in [9.17, 15) is 9.59 Å². The molecule has 0 fully saturated rings. The maximum atomic E-state index is 12.4. The van der Waals surface area contributed by atoms with Crippen LogP contribution in [0.1, 0.15) is 15.9 Å². The topological polar surface area (TPSA) is 70.2 Å². The van der Waals surface area contributed by atoms with E-state index in [-0.39, 0.29) is 11.8 Å². The zero-order valence-corrected chi connectivity index (χ0v) is 12.9. The number of fused-ring (bicyclic) bond motifs is 3. The summed E-state index contributed by atoms with van der Waals surface area (Å²) in [5, 5.41) is 8.81. The van der Waals surface area contributed by atoms with Gasteiger partial charge in [0.05, 0.1) is 5.56 Å². The van der Waals surface area contributed by atoms with Gasteiger partial charge in [0.1, 0.15) is 0 Å². The van der Waals surface area contributed by atoms with Crippen molar-refractivity contribution in [2.45, 2.75) is 5.66 Å². The van der Waals surface area contributed by atoms with Crippen LogP contribution in [0.25, 0.3) is 0 Å². The fraction of sp³-hybridized carbons (Fsp3) is 0.0667. The molecular weight excluding hydrogens is 381 g/mol. The van der Waals surface area contributed by atoms with Crippen LogP contribution in [-0.2, 0) is 10.5 Å². The van der Waals surface area contributed by atoms with Crippen molar-refractivity contribution in [3.63, 3.8) is 0 Å². The standard InChI is InChI=1S/C15H10IN3O2/c16-8-5-6-11-9(7-8)13(20)19-15(18-11)10-3-1-2-4-12(10)17-14(15)21/h1-7,18H,(H,17,21)(H,19,20). The van der Waals surface area contributed by atoms with Crippen LogP contribution in [0.15, 0.2) is 42.5 Å². The normalized spacial score (nSPS) is 22.1. The first-order valence-electron chi connectivity index (χ1n) is 6.41. The minimum Gasteiger partial charge on any atom is -0.350 e. The molecule has 2 aromatic carbocycles.